The summed E-state index contributed by atoms with van der Waals surface area (Å²) < 4.78 is 1.32. The third-order valence-corrected chi connectivity index (χ3v) is 6.30. The fourth-order valence-corrected chi connectivity index (χ4v) is 5.10. The average molecular weight is 302 g/mol. The lowest BCUT2D eigenvalue weighted by Gasteiger charge is -2.42. The molecule has 1 saturated heterocycles. The van der Waals surface area contributed by atoms with Crippen LogP contribution in [-0.4, -0.2) is 34.2 Å². The molecule has 3 nitrogen and oxygen atoms in total. The molecule has 0 unspecified atom stereocenters. The molecular weight excluding hydrogens is 280 g/mol. The first-order valence-corrected chi connectivity index (χ1v) is 8.86. The van der Waals surface area contributed by atoms with Crippen LogP contribution in [0.2, 0.25) is 0 Å². The minimum atomic E-state index is -0.0838. The Morgan fingerprint density at radius 3 is 3.10 bits per heavy atom. The van der Waals surface area contributed by atoms with Crippen molar-refractivity contribution in [3.63, 3.8) is 0 Å². The molecule has 1 N–H and O–H groups in total. The van der Waals surface area contributed by atoms with Gasteiger partial charge in [-0.2, -0.15) is 0 Å². The van der Waals surface area contributed by atoms with Crippen molar-refractivity contribution in [2.24, 2.45) is 5.41 Å². The fraction of sp³-hybridized carbons (Fsp3) is 0.588. The minimum Gasteiger partial charge on any atom is -0.393 e. The summed E-state index contributed by atoms with van der Waals surface area (Å²) in [5.74, 6) is 0. The first-order chi connectivity index (χ1) is 10.3. The van der Waals surface area contributed by atoms with Crippen molar-refractivity contribution in [1.82, 2.24) is 9.88 Å². The van der Waals surface area contributed by atoms with E-state index in [2.05, 4.69) is 28.1 Å². The smallest absolute Gasteiger partial charge is 0.0815 e. The van der Waals surface area contributed by atoms with E-state index in [1.54, 1.807) is 11.3 Å². The summed E-state index contributed by atoms with van der Waals surface area (Å²) in [6.45, 7) is 3.21. The summed E-state index contributed by atoms with van der Waals surface area (Å²) in [6, 6.07) is 6.43. The number of rotatable bonds is 2. The molecule has 1 aromatic carbocycles. The van der Waals surface area contributed by atoms with Gasteiger partial charge in [-0.05, 0) is 43.9 Å². The molecule has 0 bridgehead atoms. The van der Waals surface area contributed by atoms with Gasteiger partial charge < -0.3 is 5.11 Å². The molecule has 2 aromatic rings. The number of piperidine rings is 1. The van der Waals surface area contributed by atoms with Crippen LogP contribution in [0.3, 0.4) is 0 Å². The third kappa shape index (κ3) is 2.39. The Hall–Kier alpha value is -0.970. The van der Waals surface area contributed by atoms with Gasteiger partial charge in [-0.25, -0.2) is 4.98 Å². The van der Waals surface area contributed by atoms with Gasteiger partial charge in [-0.3, -0.25) is 4.90 Å². The molecule has 2 heterocycles. The molecule has 2 atom stereocenters. The molecule has 2 fully saturated rings. The number of likely N-dealkylation sites (tertiary alicyclic amines) is 1. The number of fused-ring (bicyclic) bond motifs is 1. The van der Waals surface area contributed by atoms with E-state index in [-0.39, 0.29) is 11.5 Å². The second kappa shape index (κ2) is 5.34. The highest BCUT2D eigenvalue weighted by Gasteiger charge is 2.44. The highest BCUT2D eigenvalue weighted by atomic mass is 32.1. The van der Waals surface area contributed by atoms with Crippen LogP contribution in [0, 0.1) is 5.41 Å². The van der Waals surface area contributed by atoms with E-state index in [0.29, 0.717) is 0 Å². The molecule has 0 radical (unpaired) electrons. The van der Waals surface area contributed by atoms with Crippen LogP contribution in [0.4, 0.5) is 0 Å². The molecule has 1 aliphatic heterocycles. The number of hydrogen-bond acceptors (Lipinski definition) is 4. The SMILES string of the molecule is O[C@@H]1CCC[C@@]12CCCN(Cc1cccc3ncsc13)C2. The van der Waals surface area contributed by atoms with Crippen molar-refractivity contribution in [2.75, 3.05) is 13.1 Å². The summed E-state index contributed by atoms with van der Waals surface area (Å²) in [5, 5.41) is 10.4. The van der Waals surface area contributed by atoms with Gasteiger partial charge in [-0.15, -0.1) is 11.3 Å². The summed E-state index contributed by atoms with van der Waals surface area (Å²) in [5.41, 5.74) is 4.62. The maximum absolute atomic E-state index is 10.4. The summed E-state index contributed by atoms with van der Waals surface area (Å²) in [6.07, 6.45) is 5.73. The summed E-state index contributed by atoms with van der Waals surface area (Å²) in [4.78, 5) is 6.96. The zero-order chi connectivity index (χ0) is 14.3. The van der Waals surface area contributed by atoms with E-state index in [1.807, 2.05) is 5.51 Å². The lowest BCUT2D eigenvalue weighted by molar-refractivity contribution is -0.0118. The molecule has 0 amide bonds. The van der Waals surface area contributed by atoms with Crippen LogP contribution in [0.25, 0.3) is 10.2 Å². The van der Waals surface area contributed by atoms with Crippen molar-refractivity contribution < 1.29 is 5.11 Å². The highest BCUT2D eigenvalue weighted by molar-refractivity contribution is 7.16. The Morgan fingerprint density at radius 2 is 2.24 bits per heavy atom. The summed E-state index contributed by atoms with van der Waals surface area (Å²) >= 11 is 1.74. The lowest BCUT2D eigenvalue weighted by Crippen LogP contribution is -2.46. The van der Waals surface area contributed by atoms with Gasteiger partial charge in [0.15, 0.2) is 0 Å². The second-order valence-electron chi connectivity index (χ2n) is 6.70. The van der Waals surface area contributed by atoms with Crippen molar-refractivity contribution >= 4 is 21.6 Å². The molecular formula is C17H22N2OS. The topological polar surface area (TPSA) is 36.4 Å². The van der Waals surface area contributed by atoms with E-state index in [1.165, 1.54) is 35.9 Å². The zero-order valence-electron chi connectivity index (χ0n) is 12.3. The predicted octanol–water partition coefficient (Wildman–Crippen LogP) is 3.42. The van der Waals surface area contributed by atoms with Crippen molar-refractivity contribution in [2.45, 2.75) is 44.8 Å². The molecule has 2 aliphatic rings. The normalized spacial score (nSPS) is 30.4. The Morgan fingerprint density at radius 1 is 1.33 bits per heavy atom. The number of aromatic nitrogens is 1. The van der Waals surface area contributed by atoms with E-state index < -0.39 is 0 Å². The number of nitrogens with zero attached hydrogens (tertiary/aromatic N) is 2. The Labute approximate surface area is 129 Å². The largest absolute Gasteiger partial charge is 0.393 e. The summed E-state index contributed by atoms with van der Waals surface area (Å²) in [7, 11) is 0. The predicted molar refractivity (Wildman–Crippen MR) is 86.4 cm³/mol. The van der Waals surface area contributed by atoms with Gasteiger partial charge in [0.25, 0.3) is 0 Å². The molecule has 4 rings (SSSR count). The van der Waals surface area contributed by atoms with E-state index >= 15 is 0 Å². The number of thiazole rings is 1. The van der Waals surface area contributed by atoms with Crippen LogP contribution < -0.4 is 0 Å². The fourth-order valence-electron chi connectivity index (χ4n) is 4.30. The Kier molecular flexibility index (Phi) is 3.48. The minimum absolute atomic E-state index is 0.0838. The van der Waals surface area contributed by atoms with Crippen LogP contribution in [-0.2, 0) is 6.54 Å². The maximum atomic E-state index is 10.4. The third-order valence-electron chi connectivity index (χ3n) is 5.38. The number of aliphatic hydroxyl groups is 1. The molecule has 4 heteroatoms. The lowest BCUT2D eigenvalue weighted by atomic mass is 9.76. The van der Waals surface area contributed by atoms with E-state index in [9.17, 15) is 5.11 Å². The second-order valence-corrected chi connectivity index (χ2v) is 7.56. The van der Waals surface area contributed by atoms with Crippen molar-refractivity contribution in [1.29, 1.82) is 0 Å². The zero-order valence-corrected chi connectivity index (χ0v) is 13.1. The van der Waals surface area contributed by atoms with Crippen LogP contribution in [0.5, 0.6) is 0 Å². The van der Waals surface area contributed by atoms with E-state index in [0.717, 1.165) is 31.6 Å². The molecule has 21 heavy (non-hydrogen) atoms. The number of benzene rings is 1. The van der Waals surface area contributed by atoms with Crippen LogP contribution >= 0.6 is 11.3 Å². The Balaban J connectivity index is 1.56. The molecule has 1 spiro atoms. The van der Waals surface area contributed by atoms with Crippen LogP contribution in [0.15, 0.2) is 23.7 Å². The van der Waals surface area contributed by atoms with Gasteiger partial charge in [0.1, 0.15) is 0 Å². The standard InChI is InChI=1S/C17H22N2OS/c20-15-6-2-7-17(15)8-3-9-19(11-17)10-13-4-1-5-14-16(13)21-12-18-14/h1,4-5,12,15,20H,2-3,6-11H2/t15-,17+/m1/s1. The van der Waals surface area contributed by atoms with Crippen LogP contribution in [0.1, 0.15) is 37.7 Å². The maximum Gasteiger partial charge on any atom is 0.0815 e. The van der Waals surface area contributed by atoms with Gasteiger partial charge in [-0.1, -0.05) is 18.6 Å². The Bertz CT molecular complexity index is 641. The first-order valence-electron chi connectivity index (χ1n) is 7.98. The van der Waals surface area contributed by atoms with E-state index in [4.69, 9.17) is 0 Å². The molecule has 1 saturated carbocycles. The monoisotopic (exact) mass is 302 g/mol. The highest BCUT2D eigenvalue weighted by Crippen LogP contribution is 2.45. The molecule has 1 aliphatic carbocycles. The molecule has 112 valence electrons. The quantitative estimate of drug-likeness (QED) is 0.923. The first kappa shape index (κ1) is 13.7. The number of aliphatic hydroxyl groups excluding tert-OH is 1. The van der Waals surface area contributed by atoms with Gasteiger partial charge >= 0.3 is 0 Å². The molecule has 1 aromatic heterocycles. The van der Waals surface area contributed by atoms with Crippen molar-refractivity contribution in [3.05, 3.63) is 29.3 Å². The van der Waals surface area contributed by atoms with Crippen molar-refractivity contribution in [3.8, 4) is 0 Å². The average Bonchev–Trinajstić information content (AvgIpc) is 3.08. The van der Waals surface area contributed by atoms with Gasteiger partial charge in [0.05, 0.1) is 21.8 Å². The van der Waals surface area contributed by atoms with Gasteiger partial charge in [0.2, 0.25) is 0 Å². The van der Waals surface area contributed by atoms with Gasteiger partial charge in [0, 0.05) is 18.5 Å². The number of hydrogen-bond donors (Lipinski definition) is 1.